The molecule has 0 spiro atoms. The predicted octanol–water partition coefficient (Wildman–Crippen LogP) is 3.27. The maximum absolute atomic E-state index is 13.2. The van der Waals surface area contributed by atoms with E-state index in [0.717, 1.165) is 24.9 Å². The Morgan fingerprint density at radius 3 is 2.74 bits per heavy atom. The molecule has 0 unspecified atom stereocenters. The van der Waals surface area contributed by atoms with Gasteiger partial charge >= 0.3 is 6.18 Å². The molecule has 10 heteroatoms. The number of hydrogen-bond donors (Lipinski definition) is 2. The van der Waals surface area contributed by atoms with Crippen molar-refractivity contribution in [3.8, 4) is 11.4 Å². The van der Waals surface area contributed by atoms with Gasteiger partial charge in [-0.15, -0.1) is 5.10 Å². The molecule has 1 saturated heterocycles. The summed E-state index contributed by atoms with van der Waals surface area (Å²) in [5.74, 6) is -0.588. The summed E-state index contributed by atoms with van der Waals surface area (Å²) in [5.41, 5.74) is 2.14. The zero-order valence-electron chi connectivity index (χ0n) is 16.9. The van der Waals surface area contributed by atoms with Crippen molar-refractivity contribution in [3.63, 3.8) is 0 Å². The topological polar surface area (TPSA) is 76.9 Å². The van der Waals surface area contributed by atoms with Gasteiger partial charge in [0, 0.05) is 24.2 Å². The first kappa shape index (κ1) is 21.3. The molecular formula is C21H23F3N6O. The molecule has 7 nitrogen and oxygen atoms in total. The lowest BCUT2D eigenvalue weighted by molar-refractivity contribution is -0.146. The lowest BCUT2D eigenvalue weighted by Gasteiger charge is -2.34. The molecule has 0 bridgehead atoms. The SMILES string of the molecule is COc1ccc(-n2nnnc2C(F)(F)F)cc1CN[C@H]1CCCN[C@@H]1c1ccccc1. The van der Waals surface area contributed by atoms with E-state index >= 15 is 0 Å². The van der Waals surface area contributed by atoms with Gasteiger partial charge in [-0.25, -0.2) is 0 Å². The summed E-state index contributed by atoms with van der Waals surface area (Å²) in [5, 5.41) is 16.9. The van der Waals surface area contributed by atoms with E-state index in [9.17, 15) is 13.2 Å². The summed E-state index contributed by atoms with van der Waals surface area (Å²) in [6.45, 7) is 1.37. The second kappa shape index (κ2) is 9.03. The number of nitrogens with one attached hydrogen (secondary N) is 2. The number of tetrazole rings is 1. The van der Waals surface area contributed by atoms with E-state index in [-0.39, 0.29) is 17.8 Å². The molecule has 3 aromatic rings. The van der Waals surface area contributed by atoms with Crippen LogP contribution in [0.5, 0.6) is 5.75 Å². The highest BCUT2D eigenvalue weighted by Gasteiger charge is 2.38. The minimum absolute atomic E-state index is 0.153. The average Bonchev–Trinajstić information content (AvgIpc) is 3.29. The summed E-state index contributed by atoms with van der Waals surface area (Å²) in [4.78, 5) is 0. The molecule has 1 fully saturated rings. The van der Waals surface area contributed by atoms with Crippen molar-refractivity contribution in [2.45, 2.75) is 37.6 Å². The third-order valence-electron chi connectivity index (χ3n) is 5.40. The van der Waals surface area contributed by atoms with Gasteiger partial charge in [0.05, 0.1) is 12.8 Å². The monoisotopic (exact) mass is 432 g/mol. The number of methoxy groups -OCH3 is 1. The first-order chi connectivity index (χ1) is 15.0. The van der Waals surface area contributed by atoms with Crippen LogP contribution in [0.25, 0.3) is 5.69 Å². The van der Waals surface area contributed by atoms with E-state index in [2.05, 4.69) is 38.3 Å². The minimum Gasteiger partial charge on any atom is -0.496 e. The highest BCUT2D eigenvalue weighted by Crippen LogP contribution is 2.30. The fraction of sp³-hybridized carbons (Fsp3) is 0.381. The largest absolute Gasteiger partial charge is 0.496 e. The minimum atomic E-state index is -4.65. The van der Waals surface area contributed by atoms with E-state index < -0.39 is 12.0 Å². The summed E-state index contributed by atoms with van der Waals surface area (Å²) in [6.07, 6.45) is -2.63. The number of halogens is 3. The average molecular weight is 432 g/mol. The van der Waals surface area contributed by atoms with Crippen LogP contribution in [0.1, 0.15) is 35.8 Å². The Bertz CT molecular complexity index is 1010. The molecule has 1 aliphatic rings. The zero-order valence-corrected chi connectivity index (χ0v) is 16.9. The number of rotatable bonds is 6. The number of alkyl halides is 3. The fourth-order valence-corrected chi connectivity index (χ4v) is 3.93. The first-order valence-electron chi connectivity index (χ1n) is 10.0. The van der Waals surface area contributed by atoms with Crippen LogP contribution in [0, 0.1) is 0 Å². The Morgan fingerprint density at radius 2 is 2.00 bits per heavy atom. The molecule has 164 valence electrons. The maximum Gasteiger partial charge on any atom is 0.453 e. The van der Waals surface area contributed by atoms with Crippen LogP contribution in [0.3, 0.4) is 0 Å². The number of benzene rings is 2. The van der Waals surface area contributed by atoms with Gasteiger partial charge < -0.3 is 15.4 Å². The molecule has 0 amide bonds. The molecule has 0 aliphatic carbocycles. The van der Waals surface area contributed by atoms with E-state index in [4.69, 9.17) is 4.74 Å². The van der Waals surface area contributed by atoms with Crippen molar-refractivity contribution in [2.24, 2.45) is 0 Å². The lowest BCUT2D eigenvalue weighted by atomic mass is 9.92. The number of nitrogens with zero attached hydrogens (tertiary/aromatic N) is 4. The number of piperidine rings is 1. The Hall–Kier alpha value is -2.98. The summed E-state index contributed by atoms with van der Waals surface area (Å²) >= 11 is 0. The van der Waals surface area contributed by atoms with E-state index in [1.165, 1.54) is 18.7 Å². The fourth-order valence-electron chi connectivity index (χ4n) is 3.93. The zero-order chi connectivity index (χ0) is 21.8. The molecule has 0 radical (unpaired) electrons. The highest BCUT2D eigenvalue weighted by atomic mass is 19.4. The van der Waals surface area contributed by atoms with Gasteiger partial charge in [0.25, 0.3) is 5.82 Å². The third-order valence-corrected chi connectivity index (χ3v) is 5.40. The van der Waals surface area contributed by atoms with Crippen molar-refractivity contribution in [3.05, 3.63) is 65.5 Å². The molecule has 1 aliphatic heterocycles. The second-order valence-electron chi connectivity index (χ2n) is 7.38. The van der Waals surface area contributed by atoms with Crippen molar-refractivity contribution in [1.29, 1.82) is 0 Å². The molecule has 2 N–H and O–H groups in total. The molecule has 1 aromatic heterocycles. The van der Waals surface area contributed by atoms with E-state index in [0.29, 0.717) is 17.0 Å². The predicted molar refractivity (Wildman–Crippen MR) is 108 cm³/mol. The Balaban J connectivity index is 1.57. The van der Waals surface area contributed by atoms with Gasteiger partial charge in [0.1, 0.15) is 5.75 Å². The van der Waals surface area contributed by atoms with Crippen molar-refractivity contribution in [1.82, 2.24) is 30.8 Å². The van der Waals surface area contributed by atoms with Gasteiger partial charge in [-0.2, -0.15) is 17.9 Å². The van der Waals surface area contributed by atoms with Gasteiger partial charge in [-0.1, -0.05) is 30.3 Å². The van der Waals surface area contributed by atoms with Crippen LogP contribution in [-0.2, 0) is 12.7 Å². The molecule has 31 heavy (non-hydrogen) atoms. The molecule has 2 atom stereocenters. The number of aromatic nitrogens is 4. The standard InChI is InChI=1S/C21H23F3N6O/c1-31-18-10-9-16(30-20(21(22,23)24)27-28-29-30)12-15(18)13-26-17-8-5-11-25-19(17)14-6-3-2-4-7-14/h2-4,6-7,9-10,12,17,19,25-26H,5,8,11,13H2,1H3/t17-,19+/m0/s1. The normalized spacial score (nSPS) is 19.4. The quantitative estimate of drug-likeness (QED) is 0.623. The van der Waals surface area contributed by atoms with E-state index in [1.807, 2.05) is 18.2 Å². The second-order valence-corrected chi connectivity index (χ2v) is 7.38. The van der Waals surface area contributed by atoms with Gasteiger partial charge in [0.2, 0.25) is 0 Å². The van der Waals surface area contributed by atoms with Gasteiger partial charge in [-0.3, -0.25) is 0 Å². The van der Waals surface area contributed by atoms with Crippen LogP contribution in [0.2, 0.25) is 0 Å². The number of hydrogen-bond acceptors (Lipinski definition) is 6. The maximum atomic E-state index is 13.2. The van der Waals surface area contributed by atoms with Crippen molar-refractivity contribution in [2.75, 3.05) is 13.7 Å². The van der Waals surface area contributed by atoms with Crippen LogP contribution in [0.4, 0.5) is 13.2 Å². The molecular weight excluding hydrogens is 409 g/mol. The van der Waals surface area contributed by atoms with Crippen LogP contribution in [-0.4, -0.2) is 39.9 Å². The molecule has 2 heterocycles. The number of ether oxygens (including phenoxy) is 1. The van der Waals surface area contributed by atoms with Gasteiger partial charge in [0.15, 0.2) is 0 Å². The summed E-state index contributed by atoms with van der Waals surface area (Å²) < 4.78 is 45.7. The lowest BCUT2D eigenvalue weighted by Crippen LogP contribution is -2.45. The summed E-state index contributed by atoms with van der Waals surface area (Å²) in [7, 11) is 1.53. The van der Waals surface area contributed by atoms with Crippen molar-refractivity contribution >= 4 is 0 Å². The highest BCUT2D eigenvalue weighted by molar-refractivity contribution is 5.44. The van der Waals surface area contributed by atoms with Gasteiger partial charge in [-0.05, 0) is 53.6 Å². The molecule has 0 saturated carbocycles. The Labute approximate surface area is 177 Å². The Kier molecular flexibility index (Phi) is 6.19. The van der Waals surface area contributed by atoms with Crippen molar-refractivity contribution < 1.29 is 17.9 Å². The smallest absolute Gasteiger partial charge is 0.453 e. The molecule has 4 rings (SSSR count). The molecule has 2 aromatic carbocycles. The summed E-state index contributed by atoms with van der Waals surface area (Å²) in [6, 6.07) is 15.3. The Morgan fingerprint density at radius 1 is 1.19 bits per heavy atom. The van der Waals surface area contributed by atoms with Crippen LogP contribution >= 0.6 is 0 Å². The third kappa shape index (κ3) is 4.70. The van der Waals surface area contributed by atoms with Crippen LogP contribution in [0.15, 0.2) is 48.5 Å². The first-order valence-corrected chi connectivity index (χ1v) is 10.0. The van der Waals surface area contributed by atoms with E-state index in [1.54, 1.807) is 12.1 Å². The van der Waals surface area contributed by atoms with Crippen LogP contribution < -0.4 is 15.4 Å².